The van der Waals surface area contributed by atoms with Crippen molar-refractivity contribution < 1.29 is 0 Å². The van der Waals surface area contributed by atoms with Gasteiger partial charge in [0.1, 0.15) is 0 Å². The Labute approximate surface area is 302 Å². The zero-order valence-corrected chi connectivity index (χ0v) is 28.3. The molecule has 0 unspecified atom stereocenters. The molecule has 244 valence electrons. The number of nitrogens with zero attached hydrogens (tertiary/aromatic N) is 4. The van der Waals surface area contributed by atoms with E-state index >= 15 is 0 Å². The Morgan fingerprint density at radius 2 is 0.673 bits per heavy atom. The average Bonchev–Trinajstić information content (AvgIpc) is 3.24. The summed E-state index contributed by atoms with van der Waals surface area (Å²) in [6.45, 7) is 0. The number of rotatable bonds is 7. The van der Waals surface area contributed by atoms with Crippen LogP contribution in [0.1, 0.15) is 0 Å². The van der Waals surface area contributed by atoms with E-state index < -0.39 is 0 Å². The van der Waals surface area contributed by atoms with Crippen molar-refractivity contribution in [3.8, 4) is 78.7 Å². The summed E-state index contributed by atoms with van der Waals surface area (Å²) in [6.07, 6.45) is 1.85. The van der Waals surface area contributed by atoms with Crippen LogP contribution in [-0.2, 0) is 0 Å². The molecule has 0 saturated heterocycles. The van der Waals surface area contributed by atoms with Crippen molar-refractivity contribution in [1.29, 1.82) is 0 Å². The van der Waals surface area contributed by atoms with Gasteiger partial charge in [-0.2, -0.15) is 0 Å². The maximum absolute atomic E-state index is 5.16. The fourth-order valence-electron chi connectivity index (χ4n) is 6.69. The lowest BCUT2D eigenvalue weighted by molar-refractivity contribution is 1.07. The molecule has 0 aliphatic carbocycles. The molecule has 0 aliphatic rings. The highest BCUT2D eigenvalue weighted by Gasteiger charge is 2.16. The summed E-state index contributed by atoms with van der Waals surface area (Å²) in [6, 6.07) is 65.1. The summed E-state index contributed by atoms with van der Waals surface area (Å²) >= 11 is 0. The lowest BCUT2D eigenvalue weighted by atomic mass is 9.94. The van der Waals surface area contributed by atoms with Crippen LogP contribution in [0.4, 0.5) is 0 Å². The molecule has 52 heavy (non-hydrogen) atoms. The van der Waals surface area contributed by atoms with E-state index in [0.29, 0.717) is 17.5 Å². The minimum absolute atomic E-state index is 0.603. The van der Waals surface area contributed by atoms with Gasteiger partial charge in [0.05, 0.1) is 5.52 Å². The van der Waals surface area contributed by atoms with Gasteiger partial charge in [-0.3, -0.25) is 4.98 Å². The van der Waals surface area contributed by atoms with Crippen LogP contribution in [0, 0.1) is 0 Å². The van der Waals surface area contributed by atoms with Crippen LogP contribution in [0.2, 0.25) is 0 Å². The van der Waals surface area contributed by atoms with Gasteiger partial charge in [-0.05, 0) is 63.2 Å². The van der Waals surface area contributed by atoms with E-state index in [-0.39, 0.29) is 0 Å². The first kappa shape index (κ1) is 31.0. The molecule has 0 radical (unpaired) electrons. The number of hydrogen-bond acceptors (Lipinski definition) is 4. The van der Waals surface area contributed by atoms with E-state index in [2.05, 4.69) is 164 Å². The molecule has 0 fully saturated rings. The van der Waals surface area contributed by atoms with Crippen molar-refractivity contribution in [2.45, 2.75) is 0 Å². The highest BCUT2D eigenvalue weighted by atomic mass is 15.0. The van der Waals surface area contributed by atoms with E-state index in [9.17, 15) is 0 Å². The molecule has 2 aromatic heterocycles. The topological polar surface area (TPSA) is 51.6 Å². The molecule has 4 heteroatoms. The fraction of sp³-hybridized carbons (Fsp3) is 0. The Bertz CT molecular complexity index is 2530. The minimum Gasteiger partial charge on any atom is -0.256 e. The van der Waals surface area contributed by atoms with Crippen LogP contribution in [0.3, 0.4) is 0 Å². The molecule has 0 bridgehead atoms. The average molecular weight is 665 g/mol. The highest BCUT2D eigenvalue weighted by molar-refractivity contribution is 5.95. The second kappa shape index (κ2) is 13.7. The monoisotopic (exact) mass is 664 g/mol. The molecule has 9 rings (SSSR count). The molecule has 4 nitrogen and oxygen atoms in total. The van der Waals surface area contributed by atoms with Crippen LogP contribution in [0.15, 0.2) is 194 Å². The van der Waals surface area contributed by atoms with Gasteiger partial charge in [0.15, 0.2) is 17.5 Å². The van der Waals surface area contributed by atoms with Gasteiger partial charge in [0.25, 0.3) is 0 Å². The van der Waals surface area contributed by atoms with Crippen LogP contribution < -0.4 is 0 Å². The molecule has 0 N–H and O–H groups in total. The Hall–Kier alpha value is -7.04. The number of aromatic nitrogens is 4. The predicted molar refractivity (Wildman–Crippen MR) is 213 cm³/mol. The molecule has 0 atom stereocenters. The van der Waals surface area contributed by atoms with Gasteiger partial charge < -0.3 is 0 Å². The summed E-state index contributed by atoms with van der Waals surface area (Å²) in [7, 11) is 0. The van der Waals surface area contributed by atoms with Crippen molar-refractivity contribution in [3.05, 3.63) is 194 Å². The molecule has 0 saturated carbocycles. The maximum Gasteiger partial charge on any atom is 0.164 e. The largest absolute Gasteiger partial charge is 0.256 e. The molecule has 0 aliphatic heterocycles. The zero-order valence-electron chi connectivity index (χ0n) is 28.3. The number of fused-ring (bicyclic) bond motifs is 1. The van der Waals surface area contributed by atoms with Crippen LogP contribution in [-0.4, -0.2) is 19.9 Å². The van der Waals surface area contributed by atoms with Gasteiger partial charge in [0.2, 0.25) is 0 Å². The smallest absolute Gasteiger partial charge is 0.164 e. The van der Waals surface area contributed by atoms with Crippen molar-refractivity contribution in [2.24, 2.45) is 0 Å². The maximum atomic E-state index is 5.16. The molecular formula is C48H32N4. The van der Waals surface area contributed by atoms with Gasteiger partial charge in [-0.15, -0.1) is 0 Å². The van der Waals surface area contributed by atoms with Gasteiger partial charge in [0, 0.05) is 33.8 Å². The van der Waals surface area contributed by atoms with Gasteiger partial charge >= 0.3 is 0 Å². The first-order valence-electron chi connectivity index (χ1n) is 17.4. The summed E-state index contributed by atoms with van der Waals surface area (Å²) < 4.78 is 0. The van der Waals surface area contributed by atoms with Gasteiger partial charge in [-0.1, -0.05) is 164 Å². The number of benzene rings is 7. The molecule has 0 spiro atoms. The van der Waals surface area contributed by atoms with E-state index in [0.717, 1.165) is 72.1 Å². The van der Waals surface area contributed by atoms with Crippen molar-refractivity contribution in [3.63, 3.8) is 0 Å². The molecule has 2 heterocycles. The third kappa shape index (κ3) is 6.26. The summed E-state index contributed by atoms with van der Waals surface area (Å²) in [5, 5.41) is 1.09. The van der Waals surface area contributed by atoms with Crippen LogP contribution in [0.5, 0.6) is 0 Å². The van der Waals surface area contributed by atoms with Crippen LogP contribution in [0.25, 0.3) is 89.6 Å². The van der Waals surface area contributed by atoms with E-state index in [4.69, 9.17) is 19.9 Å². The first-order chi connectivity index (χ1) is 25.7. The minimum atomic E-state index is 0.603. The quantitative estimate of drug-likeness (QED) is 0.170. The van der Waals surface area contributed by atoms with Crippen molar-refractivity contribution in [2.75, 3.05) is 0 Å². The molecule has 7 aromatic carbocycles. The van der Waals surface area contributed by atoms with Crippen LogP contribution >= 0.6 is 0 Å². The Balaban J connectivity index is 1.22. The Morgan fingerprint density at radius 3 is 1.21 bits per heavy atom. The standard InChI is InChI=1S/C48H32N4/c1-4-12-33(13-5-1)36-21-25-39(26-22-36)46-50-47(40-27-23-37(24-28-40)34-14-6-2-7-15-34)52-48(51-46)43-31-41(35-16-8-3-9-17-35)30-42(32-43)44-20-10-18-38-19-11-29-49-45(38)44/h1-32H. The summed E-state index contributed by atoms with van der Waals surface area (Å²) in [5.74, 6) is 1.84. The van der Waals surface area contributed by atoms with Crippen molar-refractivity contribution in [1.82, 2.24) is 19.9 Å². The fourth-order valence-corrected chi connectivity index (χ4v) is 6.69. The van der Waals surface area contributed by atoms with E-state index in [1.807, 2.05) is 30.5 Å². The number of para-hydroxylation sites is 1. The van der Waals surface area contributed by atoms with E-state index in [1.165, 1.54) is 0 Å². The Kier molecular flexibility index (Phi) is 8.16. The predicted octanol–water partition coefficient (Wildman–Crippen LogP) is 12.1. The first-order valence-corrected chi connectivity index (χ1v) is 17.4. The van der Waals surface area contributed by atoms with E-state index in [1.54, 1.807) is 0 Å². The highest BCUT2D eigenvalue weighted by Crippen LogP contribution is 2.36. The third-order valence-electron chi connectivity index (χ3n) is 9.38. The number of pyridine rings is 1. The van der Waals surface area contributed by atoms with Crippen molar-refractivity contribution >= 4 is 10.9 Å². The molecule has 0 amide bonds. The zero-order chi connectivity index (χ0) is 34.7. The second-order valence-corrected chi connectivity index (χ2v) is 12.7. The second-order valence-electron chi connectivity index (χ2n) is 12.7. The normalized spacial score (nSPS) is 11.1. The SMILES string of the molecule is c1ccc(-c2ccc(-c3nc(-c4ccc(-c5ccccc5)cc4)nc(-c4cc(-c5ccccc5)cc(-c5cccc6cccnc56)c4)n3)cc2)cc1. The third-order valence-corrected chi connectivity index (χ3v) is 9.38. The Morgan fingerprint density at radius 1 is 0.269 bits per heavy atom. The summed E-state index contributed by atoms with van der Waals surface area (Å²) in [4.78, 5) is 20.2. The number of hydrogen-bond donors (Lipinski definition) is 0. The lowest BCUT2D eigenvalue weighted by Crippen LogP contribution is -2.01. The molecular weight excluding hydrogens is 633 g/mol. The lowest BCUT2D eigenvalue weighted by Gasteiger charge is -2.13. The van der Waals surface area contributed by atoms with Gasteiger partial charge in [-0.25, -0.2) is 15.0 Å². The summed E-state index contributed by atoms with van der Waals surface area (Å²) in [5.41, 5.74) is 12.6. The molecule has 9 aromatic rings.